The molecule has 0 rings (SSSR count). The van der Waals surface area contributed by atoms with Crippen LogP contribution in [0.3, 0.4) is 0 Å². The summed E-state index contributed by atoms with van der Waals surface area (Å²) >= 11 is 0. The lowest BCUT2D eigenvalue weighted by molar-refractivity contribution is 0.0771. The molecule has 0 aliphatic heterocycles. The van der Waals surface area contributed by atoms with Crippen molar-refractivity contribution in [3.8, 4) is 0 Å². The third-order valence-corrected chi connectivity index (χ3v) is 1.71. The number of hydrogen-bond acceptors (Lipinski definition) is 3. The number of unbranched alkanes of at least 4 members (excludes halogenated alkanes) is 1. The van der Waals surface area contributed by atoms with Gasteiger partial charge < -0.3 is 15.2 Å². The van der Waals surface area contributed by atoms with Gasteiger partial charge in [0.2, 0.25) is 0 Å². The average molecular weight is 189 g/mol. The van der Waals surface area contributed by atoms with Crippen molar-refractivity contribution in [2.75, 3.05) is 26.3 Å². The molecule has 0 saturated carbocycles. The summed E-state index contributed by atoms with van der Waals surface area (Å²) in [6, 6.07) is 0. The minimum absolute atomic E-state index is 0.304. The Morgan fingerprint density at radius 3 is 2.46 bits per heavy atom. The molecule has 0 aliphatic rings. The van der Waals surface area contributed by atoms with E-state index in [2.05, 4.69) is 19.2 Å². The van der Waals surface area contributed by atoms with E-state index in [4.69, 9.17) is 9.84 Å². The Bertz CT molecular complexity index is 96.9. The molecular weight excluding hydrogens is 166 g/mol. The summed E-state index contributed by atoms with van der Waals surface area (Å²) in [5, 5.41) is 11.8. The molecule has 0 aromatic heterocycles. The van der Waals surface area contributed by atoms with Gasteiger partial charge in [-0.3, -0.25) is 0 Å². The average Bonchev–Trinajstić information content (AvgIpc) is 2.09. The highest BCUT2D eigenvalue weighted by Gasteiger charge is 1.92. The van der Waals surface area contributed by atoms with Crippen molar-refractivity contribution in [1.29, 1.82) is 0 Å². The molecule has 0 aromatic carbocycles. The van der Waals surface area contributed by atoms with Gasteiger partial charge in [-0.15, -0.1) is 0 Å². The Morgan fingerprint density at radius 2 is 1.85 bits per heavy atom. The standard InChI is InChI=1S/C10H23NO2/c1-10(2)13-9-5-7-11-6-3-4-8-12/h10-12H,3-9H2,1-2H3. The zero-order valence-corrected chi connectivity index (χ0v) is 8.88. The Kier molecular flexibility index (Phi) is 9.87. The quantitative estimate of drug-likeness (QED) is 0.535. The molecular formula is C10H23NO2. The Balaban J connectivity index is 2.84. The number of nitrogens with one attached hydrogen (secondary N) is 1. The van der Waals surface area contributed by atoms with Crippen LogP contribution in [0.15, 0.2) is 0 Å². The van der Waals surface area contributed by atoms with Gasteiger partial charge in [0.25, 0.3) is 0 Å². The highest BCUT2D eigenvalue weighted by atomic mass is 16.5. The smallest absolute Gasteiger partial charge is 0.0518 e. The van der Waals surface area contributed by atoms with Gasteiger partial charge in [0.05, 0.1) is 6.10 Å². The van der Waals surface area contributed by atoms with E-state index in [-0.39, 0.29) is 0 Å². The van der Waals surface area contributed by atoms with Crippen LogP contribution in [0.4, 0.5) is 0 Å². The molecule has 13 heavy (non-hydrogen) atoms. The third-order valence-electron chi connectivity index (χ3n) is 1.71. The predicted octanol–water partition coefficient (Wildman–Crippen LogP) is 1.16. The van der Waals surface area contributed by atoms with Crippen LogP contribution in [0.25, 0.3) is 0 Å². The summed E-state index contributed by atoms with van der Waals surface area (Å²) in [5.74, 6) is 0. The van der Waals surface area contributed by atoms with Gasteiger partial charge in [0.15, 0.2) is 0 Å². The number of aliphatic hydroxyl groups excluding tert-OH is 1. The monoisotopic (exact) mass is 189 g/mol. The number of hydrogen-bond donors (Lipinski definition) is 2. The van der Waals surface area contributed by atoms with Gasteiger partial charge in [-0.1, -0.05) is 0 Å². The van der Waals surface area contributed by atoms with Gasteiger partial charge in [-0.2, -0.15) is 0 Å². The highest BCUT2D eigenvalue weighted by molar-refractivity contribution is 4.48. The second kappa shape index (κ2) is 9.96. The number of aliphatic hydroxyl groups is 1. The maximum Gasteiger partial charge on any atom is 0.0518 e. The van der Waals surface area contributed by atoms with E-state index in [1.54, 1.807) is 0 Å². The molecule has 0 aromatic rings. The van der Waals surface area contributed by atoms with E-state index in [0.717, 1.165) is 39.0 Å². The fraction of sp³-hybridized carbons (Fsp3) is 1.00. The molecule has 0 fully saturated rings. The van der Waals surface area contributed by atoms with Crippen molar-refractivity contribution in [1.82, 2.24) is 5.32 Å². The van der Waals surface area contributed by atoms with Crippen molar-refractivity contribution >= 4 is 0 Å². The third kappa shape index (κ3) is 11.9. The molecule has 0 aliphatic carbocycles. The first kappa shape index (κ1) is 12.9. The zero-order valence-electron chi connectivity index (χ0n) is 8.88. The van der Waals surface area contributed by atoms with Crippen molar-refractivity contribution in [3.05, 3.63) is 0 Å². The van der Waals surface area contributed by atoms with Crippen LogP contribution < -0.4 is 5.32 Å². The van der Waals surface area contributed by atoms with Crippen molar-refractivity contribution in [3.63, 3.8) is 0 Å². The summed E-state index contributed by atoms with van der Waals surface area (Å²) in [7, 11) is 0. The summed E-state index contributed by atoms with van der Waals surface area (Å²) in [5.41, 5.74) is 0. The largest absolute Gasteiger partial charge is 0.396 e. The molecule has 3 heteroatoms. The Hall–Kier alpha value is -0.120. The molecule has 0 radical (unpaired) electrons. The molecule has 0 bridgehead atoms. The summed E-state index contributed by atoms with van der Waals surface area (Å²) in [6.45, 7) is 7.26. The van der Waals surface area contributed by atoms with Crippen LogP contribution in [0.2, 0.25) is 0 Å². The lowest BCUT2D eigenvalue weighted by Crippen LogP contribution is -2.19. The minimum atomic E-state index is 0.304. The second-order valence-corrected chi connectivity index (χ2v) is 3.45. The molecule has 0 unspecified atom stereocenters. The van der Waals surface area contributed by atoms with Gasteiger partial charge >= 0.3 is 0 Å². The highest BCUT2D eigenvalue weighted by Crippen LogP contribution is 1.89. The normalized spacial score (nSPS) is 11.1. The van der Waals surface area contributed by atoms with Crippen LogP contribution in [0.1, 0.15) is 33.1 Å². The predicted molar refractivity (Wildman–Crippen MR) is 54.9 cm³/mol. The topological polar surface area (TPSA) is 41.5 Å². The van der Waals surface area contributed by atoms with E-state index in [1.165, 1.54) is 0 Å². The van der Waals surface area contributed by atoms with Gasteiger partial charge in [0, 0.05) is 13.2 Å². The number of ether oxygens (including phenoxy) is 1. The van der Waals surface area contributed by atoms with Crippen LogP contribution in [-0.2, 0) is 4.74 Å². The van der Waals surface area contributed by atoms with E-state index in [1.807, 2.05) is 0 Å². The van der Waals surface area contributed by atoms with Crippen LogP contribution >= 0.6 is 0 Å². The lowest BCUT2D eigenvalue weighted by atomic mass is 10.3. The van der Waals surface area contributed by atoms with E-state index in [0.29, 0.717) is 12.7 Å². The summed E-state index contributed by atoms with van der Waals surface area (Å²) in [6.07, 6.45) is 3.36. The van der Waals surface area contributed by atoms with E-state index in [9.17, 15) is 0 Å². The molecule has 0 amide bonds. The van der Waals surface area contributed by atoms with E-state index >= 15 is 0 Å². The van der Waals surface area contributed by atoms with Crippen LogP contribution in [0.5, 0.6) is 0 Å². The Labute approximate surface area is 81.5 Å². The Morgan fingerprint density at radius 1 is 1.15 bits per heavy atom. The molecule has 3 nitrogen and oxygen atoms in total. The SMILES string of the molecule is CC(C)OCCCNCCCCO. The summed E-state index contributed by atoms with van der Waals surface area (Å²) in [4.78, 5) is 0. The van der Waals surface area contributed by atoms with Crippen molar-refractivity contribution < 1.29 is 9.84 Å². The summed E-state index contributed by atoms with van der Waals surface area (Å²) < 4.78 is 5.39. The van der Waals surface area contributed by atoms with Crippen LogP contribution in [0, 0.1) is 0 Å². The molecule has 0 heterocycles. The molecule has 0 spiro atoms. The molecule has 0 atom stereocenters. The molecule has 0 saturated heterocycles. The molecule has 2 N–H and O–H groups in total. The fourth-order valence-corrected chi connectivity index (χ4v) is 1.00. The van der Waals surface area contributed by atoms with Crippen molar-refractivity contribution in [2.45, 2.75) is 39.2 Å². The van der Waals surface area contributed by atoms with Crippen molar-refractivity contribution in [2.24, 2.45) is 0 Å². The molecule has 80 valence electrons. The zero-order chi connectivity index (χ0) is 9.94. The lowest BCUT2D eigenvalue weighted by Gasteiger charge is -2.07. The van der Waals surface area contributed by atoms with Crippen LogP contribution in [-0.4, -0.2) is 37.5 Å². The number of rotatable bonds is 9. The van der Waals surface area contributed by atoms with Gasteiger partial charge in [-0.25, -0.2) is 0 Å². The second-order valence-electron chi connectivity index (χ2n) is 3.45. The van der Waals surface area contributed by atoms with Gasteiger partial charge in [-0.05, 0) is 46.2 Å². The fourth-order valence-electron chi connectivity index (χ4n) is 1.00. The first-order valence-corrected chi connectivity index (χ1v) is 5.20. The van der Waals surface area contributed by atoms with Gasteiger partial charge in [0.1, 0.15) is 0 Å². The maximum absolute atomic E-state index is 8.52. The first-order chi connectivity index (χ1) is 6.27. The maximum atomic E-state index is 8.52. The van der Waals surface area contributed by atoms with E-state index < -0.39 is 0 Å². The minimum Gasteiger partial charge on any atom is -0.396 e. The first-order valence-electron chi connectivity index (χ1n) is 5.20.